The summed E-state index contributed by atoms with van der Waals surface area (Å²) in [5.41, 5.74) is 9.02. The average molecular weight is 304 g/mol. The second-order valence-corrected chi connectivity index (χ2v) is 5.64. The lowest BCUT2D eigenvalue weighted by Crippen LogP contribution is -2.07. The van der Waals surface area contributed by atoms with Crippen LogP contribution in [0.4, 0.5) is 5.82 Å². The van der Waals surface area contributed by atoms with Gasteiger partial charge < -0.3 is 10.5 Å². The van der Waals surface area contributed by atoms with Gasteiger partial charge in [-0.2, -0.15) is 0 Å². The molecule has 110 valence electrons. The van der Waals surface area contributed by atoms with E-state index in [1.54, 1.807) is 7.11 Å². The number of fused-ring (bicyclic) bond motifs is 1. The zero-order valence-corrected chi connectivity index (χ0v) is 12.8. The van der Waals surface area contributed by atoms with Crippen LogP contribution in [0, 0.1) is 0 Å². The third kappa shape index (κ3) is 2.68. The molecule has 0 fully saturated rings. The number of methoxy groups -OCH3 is 1. The Balaban J connectivity index is 2.16. The highest BCUT2D eigenvalue weighted by atomic mass is 35.5. The van der Waals surface area contributed by atoms with E-state index in [9.17, 15) is 0 Å². The first-order valence-corrected chi connectivity index (χ1v) is 7.56. The molecule has 1 aliphatic carbocycles. The summed E-state index contributed by atoms with van der Waals surface area (Å²) in [6.07, 6.45) is 5.40. The number of nitrogen functional groups attached to an aromatic ring is 1. The molecule has 0 atom stereocenters. The number of hydrogen-bond acceptors (Lipinski definition) is 4. The number of nitrogens with zero attached hydrogens (tertiary/aromatic N) is 2. The Bertz CT molecular complexity index is 673. The zero-order valence-electron chi connectivity index (χ0n) is 12.0. The number of ether oxygens (including phenoxy) is 1. The van der Waals surface area contributed by atoms with Gasteiger partial charge in [0.15, 0.2) is 5.82 Å². The van der Waals surface area contributed by atoms with Gasteiger partial charge in [0.25, 0.3) is 0 Å². The Hall–Kier alpha value is -1.81. The number of benzene rings is 1. The van der Waals surface area contributed by atoms with Gasteiger partial charge in [-0.3, -0.25) is 0 Å². The predicted octanol–water partition coefficient (Wildman–Crippen LogP) is 3.66. The molecule has 0 amide bonds. The Morgan fingerprint density at radius 3 is 2.76 bits per heavy atom. The zero-order chi connectivity index (χ0) is 14.8. The molecular weight excluding hydrogens is 286 g/mol. The maximum atomic E-state index is 6.31. The maximum absolute atomic E-state index is 6.31. The topological polar surface area (TPSA) is 61.0 Å². The van der Waals surface area contributed by atoms with Crippen molar-refractivity contribution in [3.05, 3.63) is 34.5 Å². The van der Waals surface area contributed by atoms with Gasteiger partial charge in [0.1, 0.15) is 11.6 Å². The van der Waals surface area contributed by atoms with E-state index in [0.29, 0.717) is 28.0 Å². The second-order valence-electron chi connectivity index (χ2n) is 5.24. The minimum atomic E-state index is 0.551. The average Bonchev–Trinajstić information content (AvgIpc) is 2.72. The first-order valence-electron chi connectivity index (χ1n) is 7.19. The van der Waals surface area contributed by atoms with Crippen molar-refractivity contribution in [1.29, 1.82) is 0 Å². The predicted molar refractivity (Wildman–Crippen MR) is 84.7 cm³/mol. The van der Waals surface area contributed by atoms with Gasteiger partial charge in [-0.1, -0.05) is 24.1 Å². The summed E-state index contributed by atoms with van der Waals surface area (Å²) in [5, 5.41) is 0.572. The SMILES string of the molecule is COc1cccc(Cl)c1-c1nc(N)c2c(n1)CCCCC2. The van der Waals surface area contributed by atoms with Crippen molar-refractivity contribution < 1.29 is 4.74 Å². The van der Waals surface area contributed by atoms with Crippen LogP contribution in [-0.4, -0.2) is 17.1 Å². The molecular formula is C16H18ClN3O. The highest BCUT2D eigenvalue weighted by Crippen LogP contribution is 2.36. The molecule has 3 rings (SSSR count). The van der Waals surface area contributed by atoms with Crippen molar-refractivity contribution >= 4 is 17.4 Å². The molecule has 21 heavy (non-hydrogen) atoms. The minimum Gasteiger partial charge on any atom is -0.496 e. The van der Waals surface area contributed by atoms with Crippen molar-refractivity contribution in [1.82, 2.24) is 9.97 Å². The normalized spacial score (nSPS) is 14.4. The fraction of sp³-hybridized carbons (Fsp3) is 0.375. The van der Waals surface area contributed by atoms with Gasteiger partial charge in [0.2, 0.25) is 0 Å². The molecule has 1 heterocycles. The first-order chi connectivity index (χ1) is 10.2. The van der Waals surface area contributed by atoms with Gasteiger partial charge in [-0.05, 0) is 37.8 Å². The maximum Gasteiger partial charge on any atom is 0.167 e. The first kappa shape index (κ1) is 14.1. The van der Waals surface area contributed by atoms with E-state index in [2.05, 4.69) is 4.98 Å². The summed E-state index contributed by atoms with van der Waals surface area (Å²) < 4.78 is 5.38. The highest BCUT2D eigenvalue weighted by Gasteiger charge is 2.19. The molecule has 5 heteroatoms. The van der Waals surface area contributed by atoms with Crippen molar-refractivity contribution in [3.63, 3.8) is 0 Å². The van der Waals surface area contributed by atoms with E-state index in [0.717, 1.165) is 36.9 Å². The Kier molecular flexibility index (Phi) is 3.97. The van der Waals surface area contributed by atoms with Crippen molar-refractivity contribution in [2.45, 2.75) is 32.1 Å². The Morgan fingerprint density at radius 2 is 1.95 bits per heavy atom. The molecule has 1 aromatic carbocycles. The summed E-state index contributed by atoms with van der Waals surface area (Å²) in [6, 6.07) is 5.51. The summed E-state index contributed by atoms with van der Waals surface area (Å²) in [5.74, 6) is 1.78. The Morgan fingerprint density at radius 1 is 1.14 bits per heavy atom. The van der Waals surface area contributed by atoms with Gasteiger partial charge in [0, 0.05) is 11.3 Å². The number of anilines is 1. The number of rotatable bonds is 2. The van der Waals surface area contributed by atoms with E-state index in [1.807, 2.05) is 18.2 Å². The van der Waals surface area contributed by atoms with Crippen LogP contribution in [0.25, 0.3) is 11.4 Å². The monoisotopic (exact) mass is 303 g/mol. The van der Waals surface area contributed by atoms with Gasteiger partial charge in [0.05, 0.1) is 17.7 Å². The van der Waals surface area contributed by atoms with Crippen LogP contribution in [0.15, 0.2) is 18.2 Å². The van der Waals surface area contributed by atoms with E-state index >= 15 is 0 Å². The van der Waals surface area contributed by atoms with Crippen LogP contribution in [0.5, 0.6) is 5.75 Å². The lowest BCUT2D eigenvalue weighted by Gasteiger charge is -2.13. The molecule has 0 radical (unpaired) electrons. The summed E-state index contributed by atoms with van der Waals surface area (Å²) in [6.45, 7) is 0. The van der Waals surface area contributed by atoms with E-state index in [1.165, 1.54) is 6.42 Å². The van der Waals surface area contributed by atoms with Crippen molar-refractivity contribution in [2.24, 2.45) is 0 Å². The quantitative estimate of drug-likeness (QED) is 0.860. The Labute approximate surface area is 129 Å². The van der Waals surface area contributed by atoms with E-state index in [4.69, 9.17) is 27.1 Å². The number of nitrogens with two attached hydrogens (primary N) is 1. The molecule has 0 saturated heterocycles. The van der Waals surface area contributed by atoms with Gasteiger partial charge in [-0.15, -0.1) is 0 Å². The van der Waals surface area contributed by atoms with Crippen molar-refractivity contribution in [2.75, 3.05) is 12.8 Å². The largest absolute Gasteiger partial charge is 0.496 e. The molecule has 2 N–H and O–H groups in total. The lowest BCUT2D eigenvalue weighted by atomic mass is 10.1. The second kappa shape index (κ2) is 5.90. The lowest BCUT2D eigenvalue weighted by molar-refractivity contribution is 0.416. The molecule has 0 unspecified atom stereocenters. The molecule has 0 bridgehead atoms. The van der Waals surface area contributed by atoms with Crippen LogP contribution >= 0.6 is 11.6 Å². The summed E-state index contributed by atoms with van der Waals surface area (Å²) in [4.78, 5) is 9.19. The molecule has 1 aromatic heterocycles. The van der Waals surface area contributed by atoms with Crippen LogP contribution in [0.3, 0.4) is 0 Å². The standard InChI is InChI=1S/C16H18ClN3O/c1-21-13-9-5-7-11(17)14(13)16-19-12-8-4-2-3-6-10(12)15(18)20-16/h5,7,9H,2-4,6,8H2,1H3,(H2,18,19,20). The van der Waals surface area contributed by atoms with Gasteiger partial charge in [-0.25, -0.2) is 9.97 Å². The van der Waals surface area contributed by atoms with Crippen LogP contribution in [-0.2, 0) is 12.8 Å². The van der Waals surface area contributed by atoms with Crippen LogP contribution in [0.1, 0.15) is 30.5 Å². The van der Waals surface area contributed by atoms with Crippen LogP contribution < -0.4 is 10.5 Å². The molecule has 0 aliphatic heterocycles. The minimum absolute atomic E-state index is 0.551. The molecule has 0 spiro atoms. The highest BCUT2D eigenvalue weighted by molar-refractivity contribution is 6.33. The number of hydrogen-bond donors (Lipinski definition) is 1. The van der Waals surface area contributed by atoms with Crippen LogP contribution in [0.2, 0.25) is 5.02 Å². The summed E-state index contributed by atoms with van der Waals surface area (Å²) in [7, 11) is 1.61. The van der Waals surface area contributed by atoms with E-state index in [-0.39, 0.29) is 0 Å². The van der Waals surface area contributed by atoms with Gasteiger partial charge >= 0.3 is 0 Å². The fourth-order valence-electron chi connectivity index (χ4n) is 2.80. The number of halogens is 1. The number of aromatic nitrogens is 2. The molecule has 2 aromatic rings. The smallest absolute Gasteiger partial charge is 0.167 e. The third-order valence-electron chi connectivity index (χ3n) is 3.88. The van der Waals surface area contributed by atoms with E-state index < -0.39 is 0 Å². The summed E-state index contributed by atoms with van der Waals surface area (Å²) >= 11 is 6.31. The third-order valence-corrected chi connectivity index (χ3v) is 4.20. The molecule has 1 aliphatic rings. The fourth-order valence-corrected chi connectivity index (χ4v) is 3.05. The molecule has 0 saturated carbocycles. The van der Waals surface area contributed by atoms with Crippen molar-refractivity contribution in [3.8, 4) is 17.1 Å². The molecule has 4 nitrogen and oxygen atoms in total. The number of aryl methyl sites for hydroxylation is 1.